The molecule has 1 aromatic rings. The molecule has 3 nitrogen and oxygen atoms in total. The standard InChI is InChI=1S/C13H18N2O/c1-15(2)13(16)12-5-3-10(4-6-12)7-11-8-14-9-11/h3-6,11,14H,7-9H2,1-2H3. The summed E-state index contributed by atoms with van der Waals surface area (Å²) in [6.07, 6.45) is 1.11. The third kappa shape index (κ3) is 2.42. The summed E-state index contributed by atoms with van der Waals surface area (Å²) in [5, 5.41) is 3.27. The number of carbonyl (C=O) groups is 1. The fourth-order valence-corrected chi connectivity index (χ4v) is 1.87. The van der Waals surface area contributed by atoms with Gasteiger partial charge in [0.15, 0.2) is 0 Å². The first kappa shape index (κ1) is 11.1. The minimum atomic E-state index is 0.0665. The van der Waals surface area contributed by atoms with E-state index >= 15 is 0 Å². The van der Waals surface area contributed by atoms with E-state index in [1.54, 1.807) is 19.0 Å². The highest BCUT2D eigenvalue weighted by Crippen LogP contribution is 2.13. The smallest absolute Gasteiger partial charge is 0.253 e. The minimum absolute atomic E-state index is 0.0665. The molecule has 1 aromatic carbocycles. The van der Waals surface area contributed by atoms with Crippen LogP contribution >= 0.6 is 0 Å². The van der Waals surface area contributed by atoms with E-state index in [4.69, 9.17) is 0 Å². The lowest BCUT2D eigenvalue weighted by molar-refractivity contribution is 0.0827. The first-order valence-electron chi connectivity index (χ1n) is 5.68. The maximum Gasteiger partial charge on any atom is 0.253 e. The summed E-state index contributed by atoms with van der Waals surface area (Å²) < 4.78 is 0. The zero-order chi connectivity index (χ0) is 11.5. The van der Waals surface area contributed by atoms with Crippen LogP contribution in [0.25, 0.3) is 0 Å². The Bertz CT molecular complexity index is 366. The van der Waals surface area contributed by atoms with Gasteiger partial charge in [0.1, 0.15) is 0 Å². The van der Waals surface area contributed by atoms with Gasteiger partial charge in [-0.05, 0) is 43.1 Å². The zero-order valence-electron chi connectivity index (χ0n) is 9.86. The van der Waals surface area contributed by atoms with Crippen LogP contribution in [0.3, 0.4) is 0 Å². The van der Waals surface area contributed by atoms with Crippen molar-refractivity contribution in [3.05, 3.63) is 35.4 Å². The second-order valence-electron chi connectivity index (χ2n) is 4.62. The summed E-state index contributed by atoms with van der Waals surface area (Å²) >= 11 is 0. The van der Waals surface area contributed by atoms with Crippen molar-refractivity contribution in [2.24, 2.45) is 5.92 Å². The Morgan fingerprint density at radius 1 is 1.31 bits per heavy atom. The molecule has 0 aromatic heterocycles. The molecule has 1 aliphatic rings. The van der Waals surface area contributed by atoms with Crippen molar-refractivity contribution in [3.8, 4) is 0 Å². The molecule has 0 spiro atoms. The van der Waals surface area contributed by atoms with Gasteiger partial charge in [-0.1, -0.05) is 12.1 Å². The minimum Gasteiger partial charge on any atom is -0.345 e. The Morgan fingerprint density at radius 2 is 1.94 bits per heavy atom. The summed E-state index contributed by atoms with van der Waals surface area (Å²) in [4.78, 5) is 13.3. The first-order valence-corrected chi connectivity index (χ1v) is 5.68. The second-order valence-corrected chi connectivity index (χ2v) is 4.62. The average molecular weight is 218 g/mol. The highest BCUT2D eigenvalue weighted by molar-refractivity contribution is 5.93. The highest BCUT2D eigenvalue weighted by atomic mass is 16.2. The molecule has 1 saturated heterocycles. The molecule has 16 heavy (non-hydrogen) atoms. The normalized spacial score (nSPS) is 15.6. The van der Waals surface area contributed by atoms with E-state index in [-0.39, 0.29) is 5.91 Å². The van der Waals surface area contributed by atoms with E-state index in [2.05, 4.69) is 17.4 Å². The van der Waals surface area contributed by atoms with Crippen LogP contribution in [0, 0.1) is 5.92 Å². The molecule has 2 rings (SSSR count). The summed E-state index contributed by atoms with van der Waals surface area (Å²) in [7, 11) is 3.55. The Kier molecular flexibility index (Phi) is 3.25. The monoisotopic (exact) mass is 218 g/mol. The third-order valence-corrected chi connectivity index (χ3v) is 3.00. The van der Waals surface area contributed by atoms with Crippen LogP contribution in [0.1, 0.15) is 15.9 Å². The fraction of sp³-hybridized carbons (Fsp3) is 0.462. The van der Waals surface area contributed by atoms with Gasteiger partial charge in [-0.15, -0.1) is 0 Å². The van der Waals surface area contributed by atoms with Crippen molar-refractivity contribution < 1.29 is 4.79 Å². The number of amides is 1. The first-order chi connectivity index (χ1) is 7.66. The van der Waals surface area contributed by atoms with Crippen molar-refractivity contribution in [1.82, 2.24) is 10.2 Å². The number of nitrogens with zero attached hydrogens (tertiary/aromatic N) is 1. The lowest BCUT2D eigenvalue weighted by Crippen LogP contribution is -2.43. The molecule has 86 valence electrons. The summed E-state index contributed by atoms with van der Waals surface area (Å²) in [5.41, 5.74) is 2.09. The van der Waals surface area contributed by atoms with Crippen LogP contribution in [0.4, 0.5) is 0 Å². The second kappa shape index (κ2) is 4.66. The van der Waals surface area contributed by atoms with Gasteiger partial charge in [-0.25, -0.2) is 0 Å². The van der Waals surface area contributed by atoms with Gasteiger partial charge >= 0.3 is 0 Å². The number of rotatable bonds is 3. The van der Waals surface area contributed by atoms with Crippen LogP contribution in [0.2, 0.25) is 0 Å². The van der Waals surface area contributed by atoms with Crippen molar-refractivity contribution in [3.63, 3.8) is 0 Å². The number of nitrogens with one attached hydrogen (secondary N) is 1. The maximum absolute atomic E-state index is 11.7. The van der Waals surface area contributed by atoms with E-state index in [9.17, 15) is 4.79 Å². The largest absolute Gasteiger partial charge is 0.345 e. The molecule has 1 amide bonds. The van der Waals surface area contributed by atoms with Gasteiger partial charge in [0.25, 0.3) is 5.91 Å². The van der Waals surface area contributed by atoms with Gasteiger partial charge in [-0.3, -0.25) is 4.79 Å². The van der Waals surface area contributed by atoms with Gasteiger partial charge in [0.05, 0.1) is 0 Å². The molecule has 0 saturated carbocycles. The molecule has 3 heteroatoms. The molecule has 0 radical (unpaired) electrons. The van der Waals surface area contributed by atoms with Crippen LogP contribution in [0.15, 0.2) is 24.3 Å². The Morgan fingerprint density at radius 3 is 2.38 bits per heavy atom. The quantitative estimate of drug-likeness (QED) is 0.825. The van der Waals surface area contributed by atoms with Crippen molar-refractivity contribution in [2.75, 3.05) is 27.2 Å². The molecular weight excluding hydrogens is 200 g/mol. The zero-order valence-corrected chi connectivity index (χ0v) is 9.86. The predicted molar refractivity (Wildman–Crippen MR) is 64.5 cm³/mol. The van der Waals surface area contributed by atoms with Crippen LogP contribution < -0.4 is 5.32 Å². The van der Waals surface area contributed by atoms with Gasteiger partial charge in [0, 0.05) is 19.7 Å². The average Bonchev–Trinajstić information content (AvgIpc) is 2.23. The maximum atomic E-state index is 11.7. The van der Waals surface area contributed by atoms with E-state index in [1.807, 2.05) is 12.1 Å². The van der Waals surface area contributed by atoms with Gasteiger partial charge < -0.3 is 10.2 Å². The van der Waals surface area contributed by atoms with Crippen molar-refractivity contribution in [1.29, 1.82) is 0 Å². The molecule has 0 bridgehead atoms. The predicted octanol–water partition coefficient (Wildman–Crippen LogP) is 1.15. The van der Waals surface area contributed by atoms with E-state index < -0.39 is 0 Å². The van der Waals surface area contributed by atoms with Crippen LogP contribution in [-0.2, 0) is 6.42 Å². The summed E-state index contributed by atoms with van der Waals surface area (Å²) in [6.45, 7) is 2.25. The Labute approximate surface area is 96.5 Å². The SMILES string of the molecule is CN(C)C(=O)c1ccc(CC2CNC2)cc1. The molecule has 0 atom stereocenters. The molecule has 1 N–H and O–H groups in total. The third-order valence-electron chi connectivity index (χ3n) is 3.00. The lowest BCUT2D eigenvalue weighted by Gasteiger charge is -2.27. The molecule has 0 aliphatic carbocycles. The van der Waals surface area contributed by atoms with E-state index in [0.717, 1.165) is 31.0 Å². The molecule has 1 heterocycles. The Hall–Kier alpha value is -1.35. The number of hydrogen-bond donors (Lipinski definition) is 1. The highest BCUT2D eigenvalue weighted by Gasteiger charge is 2.17. The topological polar surface area (TPSA) is 32.3 Å². The summed E-state index contributed by atoms with van der Waals surface area (Å²) in [5.74, 6) is 0.840. The number of benzene rings is 1. The molecule has 0 unspecified atom stereocenters. The molecule has 1 aliphatic heterocycles. The van der Waals surface area contributed by atoms with Crippen LogP contribution in [-0.4, -0.2) is 38.0 Å². The van der Waals surface area contributed by atoms with Crippen molar-refractivity contribution >= 4 is 5.91 Å². The summed E-state index contributed by atoms with van der Waals surface area (Å²) in [6, 6.07) is 7.97. The number of hydrogen-bond acceptors (Lipinski definition) is 2. The van der Waals surface area contributed by atoms with Crippen molar-refractivity contribution in [2.45, 2.75) is 6.42 Å². The van der Waals surface area contributed by atoms with Gasteiger partial charge in [-0.2, -0.15) is 0 Å². The van der Waals surface area contributed by atoms with Gasteiger partial charge in [0.2, 0.25) is 0 Å². The van der Waals surface area contributed by atoms with Crippen LogP contribution in [0.5, 0.6) is 0 Å². The molecular formula is C13H18N2O. The molecule has 1 fully saturated rings. The fourth-order valence-electron chi connectivity index (χ4n) is 1.87. The van der Waals surface area contributed by atoms with E-state index in [1.165, 1.54) is 5.56 Å². The number of carbonyl (C=O) groups excluding carboxylic acids is 1. The van der Waals surface area contributed by atoms with E-state index in [0.29, 0.717) is 0 Å². The Balaban J connectivity index is 2.00. The lowest BCUT2D eigenvalue weighted by atomic mass is 9.94.